The average molecular weight is 230 g/mol. The van der Waals surface area contributed by atoms with Crippen molar-refractivity contribution in [1.82, 2.24) is 4.98 Å². The van der Waals surface area contributed by atoms with Crippen LogP contribution in [0.5, 0.6) is 0 Å². The summed E-state index contributed by atoms with van der Waals surface area (Å²) in [5, 5.41) is 14.1. The fraction of sp³-hybridized carbons (Fsp3) is 0. The summed E-state index contributed by atoms with van der Waals surface area (Å²) in [5.74, 6) is 0. The normalized spacial score (nSPS) is 12.1. The molecule has 0 spiro atoms. The highest BCUT2D eigenvalue weighted by Gasteiger charge is 2.00. The van der Waals surface area contributed by atoms with Gasteiger partial charge in [-0.3, -0.25) is 4.98 Å². The minimum Gasteiger partial charge on any atom is -0.410 e. The highest BCUT2D eigenvalue weighted by atomic mass is 32.1. The molecule has 0 amide bonds. The predicted molar refractivity (Wildman–Crippen MR) is 65.9 cm³/mol. The van der Waals surface area contributed by atoms with Gasteiger partial charge in [-0.1, -0.05) is 17.3 Å². The van der Waals surface area contributed by atoms with Gasteiger partial charge in [0.1, 0.15) is 5.71 Å². The standard InChI is InChI=1S/C12H10N2OS/c15-14-12(11-5-1-2-8-13-11)7-6-10-4-3-9-16-10/h1-9,15H/b7-6?,14-12+. The van der Waals surface area contributed by atoms with Crippen molar-refractivity contribution in [2.75, 3.05) is 0 Å². The molecule has 0 radical (unpaired) electrons. The minimum atomic E-state index is 0.453. The molecule has 0 aliphatic rings. The monoisotopic (exact) mass is 230 g/mol. The second-order valence-electron chi connectivity index (χ2n) is 3.05. The quantitative estimate of drug-likeness (QED) is 0.500. The molecule has 0 aliphatic heterocycles. The van der Waals surface area contributed by atoms with Gasteiger partial charge in [-0.2, -0.15) is 0 Å². The summed E-state index contributed by atoms with van der Waals surface area (Å²) in [6.07, 6.45) is 5.31. The zero-order valence-corrected chi connectivity index (χ0v) is 9.26. The van der Waals surface area contributed by atoms with Crippen LogP contribution in [0.3, 0.4) is 0 Å². The van der Waals surface area contributed by atoms with Crippen LogP contribution in [0.2, 0.25) is 0 Å². The van der Waals surface area contributed by atoms with Crippen LogP contribution in [-0.4, -0.2) is 15.9 Å². The van der Waals surface area contributed by atoms with Crippen molar-refractivity contribution in [1.29, 1.82) is 0 Å². The summed E-state index contributed by atoms with van der Waals surface area (Å²) >= 11 is 1.63. The van der Waals surface area contributed by atoms with Gasteiger partial charge in [-0.25, -0.2) is 0 Å². The topological polar surface area (TPSA) is 45.5 Å². The maximum absolute atomic E-state index is 8.91. The van der Waals surface area contributed by atoms with Crippen LogP contribution < -0.4 is 0 Å². The van der Waals surface area contributed by atoms with Crippen molar-refractivity contribution in [3.8, 4) is 0 Å². The van der Waals surface area contributed by atoms with Crippen LogP contribution in [-0.2, 0) is 0 Å². The highest BCUT2D eigenvalue weighted by molar-refractivity contribution is 7.10. The zero-order chi connectivity index (χ0) is 11.2. The van der Waals surface area contributed by atoms with Gasteiger partial charge in [0.2, 0.25) is 0 Å². The molecule has 2 rings (SSSR count). The Bertz CT molecular complexity index is 489. The summed E-state index contributed by atoms with van der Waals surface area (Å²) < 4.78 is 0. The van der Waals surface area contributed by atoms with Crippen molar-refractivity contribution in [3.63, 3.8) is 0 Å². The third kappa shape index (κ3) is 2.55. The van der Waals surface area contributed by atoms with E-state index in [1.807, 2.05) is 35.7 Å². The Morgan fingerprint density at radius 2 is 2.25 bits per heavy atom. The number of hydrogen-bond donors (Lipinski definition) is 1. The van der Waals surface area contributed by atoms with E-state index in [9.17, 15) is 0 Å². The molecule has 0 saturated carbocycles. The van der Waals surface area contributed by atoms with Crippen molar-refractivity contribution < 1.29 is 5.21 Å². The van der Waals surface area contributed by atoms with Crippen molar-refractivity contribution in [2.45, 2.75) is 0 Å². The van der Waals surface area contributed by atoms with E-state index in [-0.39, 0.29) is 0 Å². The van der Waals surface area contributed by atoms with E-state index < -0.39 is 0 Å². The van der Waals surface area contributed by atoms with E-state index in [1.54, 1.807) is 29.7 Å². The van der Waals surface area contributed by atoms with E-state index in [4.69, 9.17) is 5.21 Å². The molecular weight excluding hydrogens is 220 g/mol. The van der Waals surface area contributed by atoms with Crippen LogP contribution in [0, 0.1) is 0 Å². The van der Waals surface area contributed by atoms with Gasteiger partial charge in [0.05, 0.1) is 5.69 Å². The van der Waals surface area contributed by atoms with Gasteiger partial charge in [-0.15, -0.1) is 11.3 Å². The molecule has 0 bridgehead atoms. The van der Waals surface area contributed by atoms with Crippen LogP contribution in [0.4, 0.5) is 0 Å². The summed E-state index contributed by atoms with van der Waals surface area (Å²) in [6, 6.07) is 9.44. The van der Waals surface area contributed by atoms with E-state index in [0.717, 1.165) is 4.88 Å². The second-order valence-corrected chi connectivity index (χ2v) is 4.03. The molecule has 0 fully saturated rings. The molecule has 0 saturated heterocycles. The fourth-order valence-corrected chi connectivity index (χ4v) is 1.85. The molecule has 1 N–H and O–H groups in total. The third-order valence-electron chi connectivity index (χ3n) is 1.98. The molecule has 2 aromatic heterocycles. The van der Waals surface area contributed by atoms with Crippen LogP contribution in [0.1, 0.15) is 10.6 Å². The lowest BCUT2D eigenvalue weighted by Gasteiger charge is -1.96. The van der Waals surface area contributed by atoms with Gasteiger partial charge in [0.25, 0.3) is 0 Å². The van der Waals surface area contributed by atoms with Crippen molar-refractivity contribution in [2.24, 2.45) is 5.16 Å². The number of thiophene rings is 1. The van der Waals surface area contributed by atoms with Gasteiger partial charge >= 0.3 is 0 Å². The highest BCUT2D eigenvalue weighted by Crippen LogP contribution is 2.11. The number of aromatic nitrogens is 1. The number of nitrogens with zero attached hydrogens (tertiary/aromatic N) is 2. The molecule has 0 atom stereocenters. The average Bonchev–Trinajstić information content (AvgIpc) is 2.84. The minimum absolute atomic E-state index is 0.453. The largest absolute Gasteiger partial charge is 0.410 e. The van der Waals surface area contributed by atoms with Gasteiger partial charge < -0.3 is 5.21 Å². The maximum atomic E-state index is 8.91. The fourth-order valence-electron chi connectivity index (χ4n) is 1.23. The number of hydrogen-bond acceptors (Lipinski definition) is 4. The van der Waals surface area contributed by atoms with Crippen molar-refractivity contribution >= 4 is 23.1 Å². The SMILES string of the molecule is O/N=C(\C=Cc1cccs1)c1ccccn1. The molecule has 2 heterocycles. The molecule has 3 nitrogen and oxygen atoms in total. The first kappa shape index (κ1) is 10.6. The lowest BCUT2D eigenvalue weighted by atomic mass is 10.2. The number of pyridine rings is 1. The summed E-state index contributed by atoms with van der Waals surface area (Å²) in [5.41, 5.74) is 1.10. The van der Waals surface area contributed by atoms with Gasteiger partial charge in [0, 0.05) is 11.1 Å². The summed E-state index contributed by atoms with van der Waals surface area (Å²) in [4.78, 5) is 5.22. The Balaban J connectivity index is 2.20. The number of rotatable bonds is 3. The maximum Gasteiger partial charge on any atom is 0.128 e. The van der Waals surface area contributed by atoms with Crippen LogP contribution in [0.25, 0.3) is 6.08 Å². The smallest absolute Gasteiger partial charge is 0.128 e. The zero-order valence-electron chi connectivity index (χ0n) is 8.45. The first-order valence-corrected chi connectivity index (χ1v) is 5.63. The Morgan fingerprint density at radius 1 is 1.31 bits per heavy atom. The summed E-state index contributed by atoms with van der Waals surface area (Å²) in [6.45, 7) is 0. The summed E-state index contributed by atoms with van der Waals surface area (Å²) in [7, 11) is 0. The number of allylic oxidation sites excluding steroid dienone is 1. The molecule has 2 aromatic rings. The number of oxime groups is 1. The third-order valence-corrected chi connectivity index (χ3v) is 2.82. The first-order chi connectivity index (χ1) is 7.90. The molecule has 0 unspecified atom stereocenters. The van der Waals surface area contributed by atoms with Gasteiger partial charge in [-0.05, 0) is 35.7 Å². The Labute approximate surface area is 97.4 Å². The van der Waals surface area contributed by atoms with E-state index in [2.05, 4.69) is 10.1 Å². The first-order valence-electron chi connectivity index (χ1n) is 4.75. The second kappa shape index (κ2) is 5.23. The molecule has 80 valence electrons. The molecule has 4 heteroatoms. The van der Waals surface area contributed by atoms with E-state index in [0.29, 0.717) is 11.4 Å². The van der Waals surface area contributed by atoms with Gasteiger partial charge in [0.15, 0.2) is 0 Å². The Hall–Kier alpha value is -1.94. The van der Waals surface area contributed by atoms with Crippen LogP contribution >= 0.6 is 11.3 Å². The molecule has 0 aliphatic carbocycles. The molecule has 16 heavy (non-hydrogen) atoms. The lowest BCUT2D eigenvalue weighted by Crippen LogP contribution is -1.98. The molecular formula is C12H10N2OS. The van der Waals surface area contributed by atoms with Crippen LogP contribution in [0.15, 0.2) is 53.1 Å². The van der Waals surface area contributed by atoms with E-state index >= 15 is 0 Å². The predicted octanol–water partition coefficient (Wildman–Crippen LogP) is 3.03. The molecule has 0 aromatic carbocycles. The Kier molecular flexibility index (Phi) is 3.46. The van der Waals surface area contributed by atoms with E-state index in [1.165, 1.54) is 0 Å². The van der Waals surface area contributed by atoms with Crippen molar-refractivity contribution in [3.05, 3.63) is 58.6 Å². The Morgan fingerprint density at radius 3 is 2.88 bits per heavy atom. The lowest BCUT2D eigenvalue weighted by molar-refractivity contribution is 0.320.